The van der Waals surface area contributed by atoms with E-state index in [1.807, 2.05) is 13.8 Å². The SMILES string of the molecule is CC1(C)C2CCC1(CS(=O)(=O)OS(c1ccccc1)(c1c(Cl)cc(Cl)cc1Cl)c1c(Cl)cc(Cl)cc1Cl)C(=O)C2. The summed E-state index contributed by atoms with van der Waals surface area (Å²) in [4.78, 5) is 14.0. The Morgan fingerprint density at radius 3 is 1.70 bits per heavy atom. The van der Waals surface area contributed by atoms with Crippen LogP contribution in [0.25, 0.3) is 0 Å². The van der Waals surface area contributed by atoms with Crippen LogP contribution in [0, 0.1) is 16.7 Å². The van der Waals surface area contributed by atoms with Crippen molar-refractivity contribution in [1.82, 2.24) is 0 Å². The van der Waals surface area contributed by atoms with Crippen LogP contribution in [0.4, 0.5) is 0 Å². The Balaban J connectivity index is 1.82. The van der Waals surface area contributed by atoms with Gasteiger partial charge in [0, 0.05) is 21.4 Å². The summed E-state index contributed by atoms with van der Waals surface area (Å²) in [7, 11) is -7.90. The first-order valence-corrected chi connectivity index (χ1v) is 17.7. The van der Waals surface area contributed by atoms with E-state index in [2.05, 4.69) is 0 Å². The molecule has 2 fully saturated rings. The predicted octanol–water partition coefficient (Wildman–Crippen LogP) is 10.5. The monoisotopic (exact) mass is 698 g/mol. The molecule has 0 aromatic heterocycles. The Labute approximate surface area is 265 Å². The summed E-state index contributed by atoms with van der Waals surface area (Å²) in [5.74, 6) is -0.455. The highest BCUT2D eigenvalue weighted by Gasteiger charge is 2.66. The fraction of sp³-hybridized carbons (Fsp3) is 0.321. The molecule has 3 aromatic carbocycles. The molecule has 3 aromatic rings. The van der Waals surface area contributed by atoms with Crippen LogP contribution in [0.15, 0.2) is 69.3 Å². The summed E-state index contributed by atoms with van der Waals surface area (Å²) in [6.45, 7) is 3.92. The lowest BCUT2D eigenvalue weighted by molar-refractivity contribution is -0.128. The lowest BCUT2D eigenvalue weighted by Gasteiger charge is -2.43. The number of carbonyl (C=O) groups is 1. The number of benzene rings is 3. The van der Waals surface area contributed by atoms with E-state index in [1.165, 1.54) is 24.3 Å². The van der Waals surface area contributed by atoms with E-state index in [0.29, 0.717) is 17.7 Å². The van der Waals surface area contributed by atoms with Crippen LogP contribution in [-0.2, 0) is 18.5 Å². The summed E-state index contributed by atoms with van der Waals surface area (Å²) in [5, 5.41) is 0.723. The zero-order valence-electron chi connectivity index (χ0n) is 21.3. The molecule has 0 saturated heterocycles. The van der Waals surface area contributed by atoms with E-state index >= 15 is 0 Å². The van der Waals surface area contributed by atoms with Crippen molar-refractivity contribution in [3.63, 3.8) is 0 Å². The van der Waals surface area contributed by atoms with E-state index in [-0.39, 0.29) is 51.6 Å². The molecule has 0 N–H and O–H groups in total. The molecule has 2 aliphatic carbocycles. The van der Waals surface area contributed by atoms with Crippen LogP contribution >= 0.6 is 79.9 Å². The van der Waals surface area contributed by atoms with Crippen molar-refractivity contribution in [2.45, 2.75) is 47.8 Å². The van der Waals surface area contributed by atoms with Gasteiger partial charge in [-0.1, -0.05) is 102 Å². The summed E-state index contributed by atoms with van der Waals surface area (Å²) in [6.07, 6.45) is 1.59. The van der Waals surface area contributed by atoms with E-state index < -0.39 is 37.0 Å². The van der Waals surface area contributed by atoms with Crippen LogP contribution in [0.2, 0.25) is 30.1 Å². The fourth-order valence-electron chi connectivity index (χ4n) is 6.25. The highest BCUT2D eigenvalue weighted by Crippen LogP contribution is 2.76. The maximum absolute atomic E-state index is 14.3. The van der Waals surface area contributed by atoms with E-state index in [9.17, 15) is 13.2 Å². The Morgan fingerprint density at radius 2 is 1.30 bits per heavy atom. The summed E-state index contributed by atoms with van der Waals surface area (Å²) >= 11 is 39.7. The van der Waals surface area contributed by atoms with Crippen LogP contribution in [0.3, 0.4) is 0 Å². The van der Waals surface area contributed by atoms with Crippen LogP contribution in [-0.4, -0.2) is 20.0 Å². The van der Waals surface area contributed by atoms with Crippen molar-refractivity contribution >= 4 is 95.8 Å². The first kappa shape index (κ1) is 30.8. The van der Waals surface area contributed by atoms with Gasteiger partial charge in [0.15, 0.2) is 0 Å². The Morgan fingerprint density at radius 1 is 0.825 bits per heavy atom. The first-order valence-electron chi connectivity index (χ1n) is 12.3. The molecule has 214 valence electrons. The number of fused-ring (bicyclic) bond motifs is 2. The molecular formula is C28H24Cl6O4S2. The average molecular weight is 701 g/mol. The summed E-state index contributed by atoms with van der Waals surface area (Å²) < 4.78 is 35.1. The number of ketones is 1. The third-order valence-corrected chi connectivity index (χ3v) is 15.9. The van der Waals surface area contributed by atoms with Crippen LogP contribution in [0.1, 0.15) is 33.1 Å². The molecule has 0 spiro atoms. The van der Waals surface area contributed by atoms with Crippen molar-refractivity contribution in [2.24, 2.45) is 16.7 Å². The molecule has 0 aliphatic heterocycles. The maximum atomic E-state index is 14.3. The minimum absolute atomic E-state index is 0.0602. The summed E-state index contributed by atoms with van der Waals surface area (Å²) in [5.41, 5.74) is -1.60. The van der Waals surface area contributed by atoms with Crippen LogP contribution < -0.4 is 0 Å². The molecule has 2 aliphatic rings. The predicted molar refractivity (Wildman–Crippen MR) is 165 cm³/mol. The maximum Gasteiger partial charge on any atom is 0.278 e. The van der Waals surface area contributed by atoms with Crippen molar-refractivity contribution in [1.29, 1.82) is 0 Å². The van der Waals surface area contributed by atoms with Gasteiger partial charge in [-0.2, -0.15) is 8.42 Å². The van der Waals surface area contributed by atoms with Gasteiger partial charge in [0.05, 0.1) is 41.0 Å². The number of Topliss-reactive ketones (excluding diaryl/α,β-unsaturated/α-hetero) is 1. The number of hydrogen-bond donors (Lipinski definition) is 0. The standard InChI is InChI=1S/C28H24Cl6O4S2/c1-27(2)16-8-9-28(27,24(35)10-16)15-39(36,37)38-40(19-6-4-3-5-7-19,25-20(31)11-17(29)12-21(25)32)26-22(33)13-18(30)14-23(26)34/h3-7,11-14,16H,8-10,15H2,1-2H3. The molecule has 2 atom stereocenters. The number of carbonyl (C=O) groups excluding carboxylic acids is 1. The average Bonchev–Trinajstić information content (AvgIpc) is 3.17. The zero-order valence-corrected chi connectivity index (χ0v) is 27.5. The number of hydrogen-bond acceptors (Lipinski definition) is 4. The van der Waals surface area contributed by atoms with Gasteiger partial charge in [-0.25, -0.2) is 3.63 Å². The van der Waals surface area contributed by atoms with Gasteiger partial charge < -0.3 is 0 Å². The van der Waals surface area contributed by atoms with Crippen molar-refractivity contribution < 1.29 is 16.8 Å². The number of rotatable bonds is 7. The molecular weight excluding hydrogens is 677 g/mol. The third kappa shape index (κ3) is 4.89. The Hall–Kier alpha value is -0.670. The third-order valence-electron chi connectivity index (χ3n) is 8.34. The second-order valence-electron chi connectivity index (χ2n) is 10.7. The molecule has 2 saturated carbocycles. The van der Waals surface area contributed by atoms with Gasteiger partial charge in [-0.3, -0.25) is 4.79 Å². The number of halogens is 6. The molecule has 0 amide bonds. The minimum atomic E-state index is -4.49. The Bertz CT molecular complexity index is 1520. The molecule has 0 heterocycles. The largest absolute Gasteiger partial charge is 0.299 e. The molecule has 12 heteroatoms. The van der Waals surface area contributed by atoms with Crippen molar-refractivity contribution in [3.8, 4) is 0 Å². The van der Waals surface area contributed by atoms with Crippen LogP contribution in [0.5, 0.6) is 0 Å². The topological polar surface area (TPSA) is 60.4 Å². The molecule has 2 bridgehead atoms. The second-order valence-corrected chi connectivity index (χ2v) is 17.6. The molecule has 2 unspecified atom stereocenters. The molecule has 4 nitrogen and oxygen atoms in total. The van der Waals surface area contributed by atoms with Gasteiger partial charge in [-0.15, -0.1) is 0 Å². The van der Waals surface area contributed by atoms with Crippen molar-refractivity contribution in [2.75, 3.05) is 5.75 Å². The lowest BCUT2D eigenvalue weighted by atomic mass is 9.70. The molecule has 40 heavy (non-hydrogen) atoms. The van der Waals surface area contributed by atoms with E-state index in [4.69, 9.17) is 73.2 Å². The smallest absolute Gasteiger partial charge is 0.278 e. The van der Waals surface area contributed by atoms with Gasteiger partial charge in [-0.05, 0) is 70.9 Å². The zero-order chi connectivity index (χ0) is 29.3. The quantitative estimate of drug-likeness (QED) is 0.246. The highest BCUT2D eigenvalue weighted by atomic mass is 35.5. The van der Waals surface area contributed by atoms with Gasteiger partial charge in [0.25, 0.3) is 10.1 Å². The normalized spacial score (nSPS) is 22.6. The molecule has 5 rings (SSSR count). The lowest BCUT2D eigenvalue weighted by Crippen LogP contribution is -2.42. The van der Waals surface area contributed by atoms with E-state index in [0.717, 1.165) is 6.42 Å². The first-order chi connectivity index (χ1) is 18.6. The highest BCUT2D eigenvalue weighted by molar-refractivity contribution is 8.33. The van der Waals surface area contributed by atoms with Gasteiger partial charge in [0.1, 0.15) is 5.78 Å². The Kier molecular flexibility index (Phi) is 8.31. The second kappa shape index (κ2) is 10.8. The van der Waals surface area contributed by atoms with Gasteiger partial charge >= 0.3 is 0 Å². The molecule has 0 radical (unpaired) electrons. The van der Waals surface area contributed by atoms with Gasteiger partial charge in [0.2, 0.25) is 0 Å². The van der Waals surface area contributed by atoms with Crippen molar-refractivity contribution in [3.05, 3.63) is 84.7 Å². The summed E-state index contributed by atoms with van der Waals surface area (Å²) in [6, 6.07) is 14.4. The van der Waals surface area contributed by atoms with E-state index in [1.54, 1.807) is 30.3 Å². The fourth-order valence-corrected chi connectivity index (χ4v) is 15.3. The minimum Gasteiger partial charge on any atom is -0.299 e.